The van der Waals surface area contributed by atoms with Gasteiger partial charge in [-0.25, -0.2) is 8.78 Å². The summed E-state index contributed by atoms with van der Waals surface area (Å²) in [7, 11) is 1.62. The number of ether oxygens (including phenoxy) is 1. The van der Waals surface area contributed by atoms with E-state index < -0.39 is 11.6 Å². The Kier molecular flexibility index (Phi) is 7.49. The molecule has 0 saturated carbocycles. The molecular formula is C14H20BrF2NO. The molecule has 1 aromatic carbocycles. The van der Waals surface area contributed by atoms with Gasteiger partial charge in [-0.3, -0.25) is 0 Å². The third-order valence-corrected chi connectivity index (χ3v) is 3.56. The summed E-state index contributed by atoms with van der Waals surface area (Å²) in [6, 6.07) is 2.69. The summed E-state index contributed by atoms with van der Waals surface area (Å²) in [5.41, 5.74) is 0.124. The normalized spacial score (nSPS) is 12.7. The highest BCUT2D eigenvalue weighted by Gasteiger charge is 2.17. The molecule has 1 atom stereocenters. The van der Waals surface area contributed by atoms with E-state index in [4.69, 9.17) is 4.74 Å². The van der Waals surface area contributed by atoms with Crippen molar-refractivity contribution in [3.05, 3.63) is 33.8 Å². The molecule has 1 N–H and O–H groups in total. The lowest BCUT2D eigenvalue weighted by Crippen LogP contribution is -2.33. The molecule has 0 heterocycles. The quantitative estimate of drug-likeness (QED) is 0.732. The third-order valence-electron chi connectivity index (χ3n) is 2.94. The van der Waals surface area contributed by atoms with Crippen molar-refractivity contribution in [3.63, 3.8) is 0 Å². The predicted octanol–water partition coefficient (Wildman–Crippen LogP) is 3.67. The highest BCUT2D eigenvalue weighted by Crippen LogP contribution is 2.23. The van der Waals surface area contributed by atoms with E-state index in [9.17, 15) is 8.78 Å². The lowest BCUT2D eigenvalue weighted by atomic mass is 10.0. The number of nitrogens with one attached hydrogen (secondary N) is 1. The van der Waals surface area contributed by atoms with E-state index in [0.717, 1.165) is 19.4 Å². The maximum absolute atomic E-state index is 13.9. The van der Waals surface area contributed by atoms with Crippen LogP contribution in [0, 0.1) is 11.6 Å². The van der Waals surface area contributed by atoms with Gasteiger partial charge in [0.1, 0.15) is 11.6 Å². The average molecular weight is 336 g/mol. The fourth-order valence-corrected chi connectivity index (χ4v) is 2.26. The standard InChI is InChI=1S/C14H20BrF2NO/c1-3-7-18-10(6-8-19-2)9-11-13(16)5-4-12(15)14(11)17/h4-5,10,18H,3,6-9H2,1-2H3. The first kappa shape index (κ1) is 16.5. The summed E-state index contributed by atoms with van der Waals surface area (Å²) in [4.78, 5) is 0. The molecule has 0 aliphatic carbocycles. The minimum Gasteiger partial charge on any atom is -0.385 e. The van der Waals surface area contributed by atoms with E-state index in [1.807, 2.05) is 0 Å². The van der Waals surface area contributed by atoms with Gasteiger partial charge in [0.2, 0.25) is 0 Å². The van der Waals surface area contributed by atoms with Crippen molar-refractivity contribution in [2.24, 2.45) is 0 Å². The Balaban J connectivity index is 2.79. The Labute approximate surface area is 121 Å². The molecule has 0 spiro atoms. The summed E-state index contributed by atoms with van der Waals surface area (Å²) in [6.45, 7) is 3.45. The van der Waals surface area contributed by atoms with Crippen LogP contribution in [0.3, 0.4) is 0 Å². The Bertz CT molecular complexity index is 393. The van der Waals surface area contributed by atoms with E-state index in [2.05, 4.69) is 28.2 Å². The fraction of sp³-hybridized carbons (Fsp3) is 0.571. The SMILES string of the molecule is CCCNC(CCOC)Cc1c(F)ccc(Br)c1F. The smallest absolute Gasteiger partial charge is 0.143 e. The molecule has 5 heteroatoms. The first-order valence-electron chi connectivity index (χ1n) is 6.44. The predicted molar refractivity (Wildman–Crippen MR) is 76.3 cm³/mol. The molecular weight excluding hydrogens is 316 g/mol. The minimum atomic E-state index is -0.513. The molecule has 1 aromatic rings. The molecule has 108 valence electrons. The summed E-state index contributed by atoms with van der Waals surface area (Å²) in [5.74, 6) is -1.01. The van der Waals surface area contributed by atoms with Crippen LogP contribution in [0.4, 0.5) is 8.78 Å². The maximum atomic E-state index is 13.9. The average Bonchev–Trinajstić information content (AvgIpc) is 2.41. The van der Waals surface area contributed by atoms with Gasteiger partial charge in [0, 0.05) is 25.3 Å². The van der Waals surface area contributed by atoms with Crippen molar-refractivity contribution in [2.45, 2.75) is 32.2 Å². The summed E-state index contributed by atoms with van der Waals surface area (Å²) >= 11 is 3.09. The largest absolute Gasteiger partial charge is 0.385 e. The van der Waals surface area contributed by atoms with Gasteiger partial charge >= 0.3 is 0 Å². The van der Waals surface area contributed by atoms with Crippen molar-refractivity contribution >= 4 is 15.9 Å². The van der Waals surface area contributed by atoms with Crippen LogP contribution in [-0.2, 0) is 11.2 Å². The lowest BCUT2D eigenvalue weighted by molar-refractivity contribution is 0.182. The number of rotatable bonds is 8. The molecule has 0 aliphatic heterocycles. The van der Waals surface area contributed by atoms with E-state index in [1.54, 1.807) is 7.11 Å². The van der Waals surface area contributed by atoms with Crippen LogP contribution in [0.25, 0.3) is 0 Å². The second-order valence-electron chi connectivity index (χ2n) is 4.46. The highest BCUT2D eigenvalue weighted by atomic mass is 79.9. The van der Waals surface area contributed by atoms with E-state index in [-0.39, 0.29) is 11.6 Å². The molecule has 0 aromatic heterocycles. The van der Waals surface area contributed by atoms with E-state index in [1.165, 1.54) is 12.1 Å². The van der Waals surface area contributed by atoms with Crippen molar-refractivity contribution in [1.82, 2.24) is 5.32 Å². The van der Waals surface area contributed by atoms with Crippen LogP contribution in [0.2, 0.25) is 0 Å². The van der Waals surface area contributed by atoms with Crippen LogP contribution in [0.1, 0.15) is 25.3 Å². The molecule has 1 unspecified atom stereocenters. The second kappa shape index (κ2) is 8.61. The highest BCUT2D eigenvalue weighted by molar-refractivity contribution is 9.10. The molecule has 0 fully saturated rings. The van der Waals surface area contributed by atoms with Crippen LogP contribution in [0.5, 0.6) is 0 Å². The monoisotopic (exact) mass is 335 g/mol. The van der Waals surface area contributed by atoms with Gasteiger partial charge in [0.05, 0.1) is 4.47 Å². The number of hydrogen-bond acceptors (Lipinski definition) is 2. The Morgan fingerprint density at radius 2 is 2.11 bits per heavy atom. The van der Waals surface area contributed by atoms with Gasteiger partial charge in [0.15, 0.2) is 0 Å². The molecule has 1 rings (SSSR count). The van der Waals surface area contributed by atoms with Gasteiger partial charge in [-0.1, -0.05) is 6.92 Å². The van der Waals surface area contributed by atoms with Crippen LogP contribution >= 0.6 is 15.9 Å². The second-order valence-corrected chi connectivity index (χ2v) is 5.31. The number of methoxy groups -OCH3 is 1. The van der Waals surface area contributed by atoms with E-state index in [0.29, 0.717) is 17.5 Å². The van der Waals surface area contributed by atoms with E-state index >= 15 is 0 Å². The molecule has 19 heavy (non-hydrogen) atoms. The molecule has 0 radical (unpaired) electrons. The summed E-state index contributed by atoms with van der Waals surface area (Å²) in [5, 5.41) is 3.30. The Morgan fingerprint density at radius 3 is 2.74 bits per heavy atom. The first-order chi connectivity index (χ1) is 9.10. The third kappa shape index (κ3) is 5.16. The van der Waals surface area contributed by atoms with Crippen LogP contribution in [0.15, 0.2) is 16.6 Å². The van der Waals surface area contributed by atoms with Crippen molar-refractivity contribution in [3.8, 4) is 0 Å². The molecule has 0 amide bonds. The van der Waals surface area contributed by atoms with Gasteiger partial charge < -0.3 is 10.1 Å². The molecule has 0 bridgehead atoms. The molecule has 0 saturated heterocycles. The fourth-order valence-electron chi connectivity index (χ4n) is 1.89. The number of benzene rings is 1. The molecule has 2 nitrogen and oxygen atoms in total. The lowest BCUT2D eigenvalue weighted by Gasteiger charge is -2.19. The molecule has 0 aliphatic rings. The zero-order valence-corrected chi connectivity index (χ0v) is 12.9. The Morgan fingerprint density at radius 1 is 1.37 bits per heavy atom. The van der Waals surface area contributed by atoms with Crippen molar-refractivity contribution < 1.29 is 13.5 Å². The van der Waals surface area contributed by atoms with Gasteiger partial charge in [0.25, 0.3) is 0 Å². The van der Waals surface area contributed by atoms with Gasteiger partial charge in [-0.05, 0) is 53.9 Å². The van der Waals surface area contributed by atoms with Gasteiger partial charge in [-0.2, -0.15) is 0 Å². The first-order valence-corrected chi connectivity index (χ1v) is 7.24. The van der Waals surface area contributed by atoms with Gasteiger partial charge in [-0.15, -0.1) is 0 Å². The van der Waals surface area contributed by atoms with Crippen molar-refractivity contribution in [2.75, 3.05) is 20.3 Å². The van der Waals surface area contributed by atoms with Crippen LogP contribution < -0.4 is 5.32 Å². The van der Waals surface area contributed by atoms with Crippen LogP contribution in [-0.4, -0.2) is 26.3 Å². The number of hydrogen-bond donors (Lipinski definition) is 1. The number of halogens is 3. The maximum Gasteiger partial charge on any atom is 0.143 e. The zero-order chi connectivity index (χ0) is 14.3. The minimum absolute atomic E-state index is 0.0122. The zero-order valence-electron chi connectivity index (χ0n) is 11.3. The topological polar surface area (TPSA) is 21.3 Å². The Hall–Kier alpha value is -0.520. The van der Waals surface area contributed by atoms with Crippen molar-refractivity contribution in [1.29, 1.82) is 0 Å². The summed E-state index contributed by atoms with van der Waals surface area (Å²) in [6.07, 6.45) is 2.02. The summed E-state index contributed by atoms with van der Waals surface area (Å²) < 4.78 is 33.0.